The maximum absolute atomic E-state index is 6.52. The lowest BCUT2D eigenvalue weighted by Gasteiger charge is -2.20. The summed E-state index contributed by atoms with van der Waals surface area (Å²) in [6.45, 7) is 0. The van der Waals surface area contributed by atoms with Gasteiger partial charge in [-0.15, -0.1) is 0 Å². The molecular formula is C18H21NO2. The zero-order valence-corrected chi connectivity index (χ0v) is 12.5. The van der Waals surface area contributed by atoms with E-state index in [1.165, 1.54) is 11.1 Å². The molecule has 0 spiro atoms. The molecular weight excluding hydrogens is 262 g/mol. The summed E-state index contributed by atoms with van der Waals surface area (Å²) in [5.74, 6) is 2.00. The van der Waals surface area contributed by atoms with E-state index < -0.39 is 0 Å². The minimum Gasteiger partial charge on any atom is -0.497 e. The summed E-state index contributed by atoms with van der Waals surface area (Å²) >= 11 is 0. The zero-order chi connectivity index (χ0) is 14.8. The molecule has 3 nitrogen and oxygen atoms in total. The molecule has 1 aliphatic rings. The standard InChI is InChI=1S/C18H21NO2/c1-20-16-9-15(10-17(11-16)21-2)18(19)14-7-12-5-3-4-6-13(12)8-14/h3-6,9-11,14,18H,7-8,19H2,1-2H3. The molecule has 3 rings (SSSR count). The predicted octanol–water partition coefficient (Wildman–Crippen LogP) is 3.12. The van der Waals surface area contributed by atoms with Gasteiger partial charge in [0.25, 0.3) is 0 Å². The van der Waals surface area contributed by atoms with Gasteiger partial charge in [0.2, 0.25) is 0 Å². The number of fused-ring (bicyclic) bond motifs is 1. The lowest BCUT2D eigenvalue weighted by molar-refractivity contribution is 0.388. The predicted molar refractivity (Wildman–Crippen MR) is 83.8 cm³/mol. The second kappa shape index (κ2) is 5.78. The van der Waals surface area contributed by atoms with E-state index in [2.05, 4.69) is 24.3 Å². The summed E-state index contributed by atoms with van der Waals surface area (Å²) in [5, 5.41) is 0. The van der Waals surface area contributed by atoms with Crippen LogP contribution in [0.3, 0.4) is 0 Å². The van der Waals surface area contributed by atoms with E-state index in [4.69, 9.17) is 15.2 Å². The first-order valence-corrected chi connectivity index (χ1v) is 7.26. The maximum Gasteiger partial charge on any atom is 0.122 e. The summed E-state index contributed by atoms with van der Waals surface area (Å²) in [6.07, 6.45) is 2.08. The van der Waals surface area contributed by atoms with Crippen molar-refractivity contribution in [1.29, 1.82) is 0 Å². The van der Waals surface area contributed by atoms with Gasteiger partial charge in [0.1, 0.15) is 11.5 Å². The van der Waals surface area contributed by atoms with Gasteiger partial charge in [-0.1, -0.05) is 24.3 Å². The zero-order valence-electron chi connectivity index (χ0n) is 12.5. The summed E-state index contributed by atoms with van der Waals surface area (Å²) in [6, 6.07) is 14.5. The van der Waals surface area contributed by atoms with Gasteiger partial charge in [-0.25, -0.2) is 0 Å². The Balaban J connectivity index is 1.85. The van der Waals surface area contributed by atoms with Crippen LogP contribution in [0, 0.1) is 5.92 Å². The smallest absolute Gasteiger partial charge is 0.122 e. The highest BCUT2D eigenvalue weighted by Gasteiger charge is 2.27. The fraction of sp³-hybridized carbons (Fsp3) is 0.333. The molecule has 0 aliphatic heterocycles. The maximum atomic E-state index is 6.52. The first kappa shape index (κ1) is 14.0. The Bertz CT molecular complexity index is 592. The Labute approximate surface area is 125 Å². The average molecular weight is 283 g/mol. The highest BCUT2D eigenvalue weighted by Crippen LogP contribution is 2.36. The molecule has 2 aromatic rings. The van der Waals surface area contributed by atoms with Gasteiger partial charge < -0.3 is 15.2 Å². The summed E-state index contributed by atoms with van der Waals surface area (Å²) in [7, 11) is 3.32. The third kappa shape index (κ3) is 2.74. The van der Waals surface area contributed by atoms with E-state index in [0.717, 1.165) is 29.9 Å². The first-order valence-electron chi connectivity index (χ1n) is 7.26. The van der Waals surface area contributed by atoms with Crippen LogP contribution in [0.25, 0.3) is 0 Å². The second-order valence-corrected chi connectivity index (χ2v) is 5.61. The van der Waals surface area contributed by atoms with Crippen LogP contribution in [0.5, 0.6) is 11.5 Å². The van der Waals surface area contributed by atoms with Crippen LogP contribution in [0.4, 0.5) is 0 Å². The van der Waals surface area contributed by atoms with E-state index in [9.17, 15) is 0 Å². The third-order valence-electron chi connectivity index (χ3n) is 4.35. The second-order valence-electron chi connectivity index (χ2n) is 5.61. The third-order valence-corrected chi connectivity index (χ3v) is 4.35. The van der Waals surface area contributed by atoms with E-state index in [-0.39, 0.29) is 6.04 Å². The fourth-order valence-corrected chi connectivity index (χ4v) is 3.14. The van der Waals surface area contributed by atoms with E-state index in [0.29, 0.717) is 5.92 Å². The van der Waals surface area contributed by atoms with Crippen molar-refractivity contribution in [3.05, 3.63) is 59.2 Å². The van der Waals surface area contributed by atoms with Crippen LogP contribution in [-0.4, -0.2) is 14.2 Å². The Kier molecular flexibility index (Phi) is 3.84. The van der Waals surface area contributed by atoms with Gasteiger partial charge in [0, 0.05) is 12.1 Å². The lowest BCUT2D eigenvalue weighted by atomic mass is 9.91. The molecule has 0 fully saturated rings. The van der Waals surface area contributed by atoms with Crippen molar-refractivity contribution in [3.63, 3.8) is 0 Å². The molecule has 1 atom stereocenters. The van der Waals surface area contributed by atoms with Crippen molar-refractivity contribution in [2.75, 3.05) is 14.2 Å². The Morgan fingerprint density at radius 2 is 1.48 bits per heavy atom. The van der Waals surface area contributed by atoms with Gasteiger partial charge >= 0.3 is 0 Å². The van der Waals surface area contributed by atoms with Crippen LogP contribution in [-0.2, 0) is 12.8 Å². The first-order chi connectivity index (χ1) is 10.2. The molecule has 0 saturated heterocycles. The number of hydrogen-bond acceptors (Lipinski definition) is 3. The van der Waals surface area contributed by atoms with Crippen LogP contribution in [0.2, 0.25) is 0 Å². The van der Waals surface area contributed by atoms with Crippen LogP contribution in [0.15, 0.2) is 42.5 Å². The number of rotatable bonds is 4. The molecule has 1 aliphatic carbocycles. The monoisotopic (exact) mass is 283 g/mol. The van der Waals surface area contributed by atoms with Gasteiger partial charge in [0.05, 0.1) is 14.2 Å². The molecule has 0 saturated carbocycles. The van der Waals surface area contributed by atoms with E-state index >= 15 is 0 Å². The minimum absolute atomic E-state index is 0.0126. The van der Waals surface area contributed by atoms with Gasteiger partial charge in [0.15, 0.2) is 0 Å². The minimum atomic E-state index is -0.0126. The molecule has 0 radical (unpaired) electrons. The van der Waals surface area contributed by atoms with Crippen LogP contribution < -0.4 is 15.2 Å². The van der Waals surface area contributed by atoms with Gasteiger partial charge in [-0.3, -0.25) is 0 Å². The fourth-order valence-electron chi connectivity index (χ4n) is 3.14. The molecule has 3 heteroatoms. The van der Waals surface area contributed by atoms with Crippen molar-refractivity contribution in [2.24, 2.45) is 11.7 Å². The largest absolute Gasteiger partial charge is 0.497 e. The molecule has 2 N–H and O–H groups in total. The topological polar surface area (TPSA) is 44.5 Å². The molecule has 0 aromatic heterocycles. The number of ether oxygens (including phenoxy) is 2. The average Bonchev–Trinajstić information content (AvgIpc) is 2.97. The number of methoxy groups -OCH3 is 2. The normalized spacial score (nSPS) is 15.6. The Morgan fingerprint density at radius 3 is 1.95 bits per heavy atom. The van der Waals surface area contributed by atoms with E-state index in [1.54, 1.807) is 14.2 Å². The van der Waals surface area contributed by atoms with Gasteiger partial charge in [-0.05, 0) is 47.6 Å². The van der Waals surface area contributed by atoms with Gasteiger partial charge in [-0.2, -0.15) is 0 Å². The molecule has 1 unspecified atom stereocenters. The Morgan fingerprint density at radius 1 is 0.952 bits per heavy atom. The lowest BCUT2D eigenvalue weighted by Crippen LogP contribution is -2.22. The van der Waals surface area contributed by atoms with Crippen LogP contribution in [0.1, 0.15) is 22.7 Å². The van der Waals surface area contributed by atoms with Crippen molar-refractivity contribution in [3.8, 4) is 11.5 Å². The van der Waals surface area contributed by atoms with Crippen molar-refractivity contribution in [1.82, 2.24) is 0 Å². The molecule has 2 aromatic carbocycles. The summed E-state index contributed by atoms with van der Waals surface area (Å²) in [4.78, 5) is 0. The summed E-state index contributed by atoms with van der Waals surface area (Å²) in [5.41, 5.74) is 10.4. The highest BCUT2D eigenvalue weighted by molar-refractivity contribution is 5.41. The quantitative estimate of drug-likeness (QED) is 0.937. The number of nitrogens with two attached hydrogens (primary N) is 1. The summed E-state index contributed by atoms with van der Waals surface area (Å²) < 4.78 is 10.7. The Hall–Kier alpha value is -2.00. The molecule has 21 heavy (non-hydrogen) atoms. The molecule has 110 valence electrons. The van der Waals surface area contributed by atoms with Crippen molar-refractivity contribution >= 4 is 0 Å². The van der Waals surface area contributed by atoms with Crippen molar-refractivity contribution in [2.45, 2.75) is 18.9 Å². The molecule has 0 heterocycles. The highest BCUT2D eigenvalue weighted by atomic mass is 16.5. The van der Waals surface area contributed by atoms with Crippen LogP contribution >= 0.6 is 0 Å². The molecule has 0 bridgehead atoms. The number of hydrogen-bond donors (Lipinski definition) is 1. The SMILES string of the molecule is COc1cc(OC)cc(C(N)C2Cc3ccccc3C2)c1. The van der Waals surface area contributed by atoms with Crippen molar-refractivity contribution < 1.29 is 9.47 Å². The number of benzene rings is 2. The molecule has 0 amide bonds. The van der Waals surface area contributed by atoms with E-state index in [1.807, 2.05) is 18.2 Å².